The number of nitrogens with one attached hydrogen (secondary N) is 1. The van der Waals surface area contributed by atoms with Gasteiger partial charge in [0.25, 0.3) is 0 Å². The van der Waals surface area contributed by atoms with Crippen LogP contribution < -0.4 is 11.1 Å². The Labute approximate surface area is 106 Å². The molecule has 0 saturated heterocycles. The number of aromatic nitrogens is 3. The van der Waals surface area contributed by atoms with E-state index in [0.717, 1.165) is 0 Å². The summed E-state index contributed by atoms with van der Waals surface area (Å²) in [7, 11) is 1.82. The molecular weight excluding hydrogens is 238 g/mol. The van der Waals surface area contributed by atoms with Gasteiger partial charge in [-0.1, -0.05) is 19.1 Å². The van der Waals surface area contributed by atoms with Gasteiger partial charge in [-0.2, -0.15) is 0 Å². The van der Waals surface area contributed by atoms with Crippen LogP contribution in [0.2, 0.25) is 0 Å². The fourth-order valence-corrected chi connectivity index (χ4v) is 1.85. The van der Waals surface area contributed by atoms with Crippen molar-refractivity contribution in [3.8, 4) is 0 Å². The third-order valence-electron chi connectivity index (χ3n) is 2.56. The summed E-state index contributed by atoms with van der Waals surface area (Å²) in [6, 6.07) is -0.224. The Balaban J connectivity index is 2.69. The Morgan fingerprint density at radius 2 is 2.35 bits per heavy atom. The molecule has 2 atom stereocenters. The van der Waals surface area contributed by atoms with Crippen LogP contribution in [0.5, 0.6) is 0 Å². The quantitative estimate of drug-likeness (QED) is 0.739. The van der Waals surface area contributed by atoms with Crippen LogP contribution in [0.1, 0.15) is 32.1 Å². The molecule has 7 heteroatoms. The molecule has 3 N–H and O–H groups in total. The van der Waals surface area contributed by atoms with Gasteiger partial charge in [0.2, 0.25) is 5.91 Å². The van der Waals surface area contributed by atoms with Gasteiger partial charge in [-0.3, -0.25) is 4.79 Å². The first-order valence-electron chi connectivity index (χ1n) is 5.41. The van der Waals surface area contributed by atoms with Gasteiger partial charge in [-0.05, 0) is 13.3 Å². The number of carbonyl (C=O) groups excluding carboxylic acids is 1. The Kier molecular flexibility index (Phi) is 4.56. The molecular formula is C10H17N5OS. The van der Waals surface area contributed by atoms with Gasteiger partial charge in [-0.25, -0.2) is 0 Å². The number of thiocarbonyl (C=S) groups is 1. The van der Waals surface area contributed by atoms with Crippen molar-refractivity contribution >= 4 is 23.1 Å². The Morgan fingerprint density at radius 1 is 1.71 bits per heavy atom. The average Bonchev–Trinajstić information content (AvgIpc) is 2.64. The van der Waals surface area contributed by atoms with Crippen molar-refractivity contribution in [2.45, 2.75) is 26.3 Å². The maximum atomic E-state index is 11.9. The molecule has 6 nitrogen and oxygen atoms in total. The van der Waals surface area contributed by atoms with Crippen LogP contribution >= 0.6 is 12.2 Å². The molecule has 0 spiro atoms. The second kappa shape index (κ2) is 5.72. The highest BCUT2D eigenvalue weighted by molar-refractivity contribution is 7.80. The van der Waals surface area contributed by atoms with Crippen LogP contribution in [0.25, 0.3) is 0 Å². The summed E-state index contributed by atoms with van der Waals surface area (Å²) in [6.07, 6.45) is 2.18. The highest BCUT2D eigenvalue weighted by Crippen LogP contribution is 2.10. The van der Waals surface area contributed by atoms with Crippen molar-refractivity contribution in [2.24, 2.45) is 18.7 Å². The molecule has 1 heterocycles. The van der Waals surface area contributed by atoms with E-state index in [4.69, 9.17) is 18.0 Å². The summed E-state index contributed by atoms with van der Waals surface area (Å²) < 4.78 is 1.76. The van der Waals surface area contributed by atoms with E-state index >= 15 is 0 Å². The minimum absolute atomic E-state index is 0.171. The Bertz CT molecular complexity index is 417. The van der Waals surface area contributed by atoms with Crippen LogP contribution in [-0.4, -0.2) is 25.7 Å². The summed E-state index contributed by atoms with van der Waals surface area (Å²) in [5, 5.41) is 10.5. The topological polar surface area (TPSA) is 85.8 Å². The molecule has 1 rings (SSSR count). The minimum Gasteiger partial charge on any atom is -0.393 e. The molecule has 1 aromatic heterocycles. The van der Waals surface area contributed by atoms with Crippen molar-refractivity contribution in [3.63, 3.8) is 0 Å². The van der Waals surface area contributed by atoms with E-state index < -0.39 is 5.92 Å². The first-order valence-corrected chi connectivity index (χ1v) is 5.81. The molecule has 0 aliphatic heterocycles. The first-order chi connectivity index (χ1) is 7.97. The first kappa shape index (κ1) is 13.6. The van der Waals surface area contributed by atoms with Crippen LogP contribution in [0.4, 0.5) is 0 Å². The van der Waals surface area contributed by atoms with E-state index in [2.05, 4.69) is 15.5 Å². The van der Waals surface area contributed by atoms with E-state index in [-0.39, 0.29) is 16.9 Å². The summed E-state index contributed by atoms with van der Waals surface area (Å²) in [5.41, 5.74) is 5.51. The molecule has 0 fully saturated rings. The largest absolute Gasteiger partial charge is 0.393 e. The maximum Gasteiger partial charge on any atom is 0.230 e. The molecule has 94 valence electrons. The van der Waals surface area contributed by atoms with Gasteiger partial charge in [-0.15, -0.1) is 10.2 Å². The molecule has 1 amide bonds. The Morgan fingerprint density at radius 3 is 2.76 bits per heavy atom. The number of amides is 1. The molecule has 0 bridgehead atoms. The zero-order valence-corrected chi connectivity index (χ0v) is 11.0. The maximum absolute atomic E-state index is 11.9. The highest BCUT2D eigenvalue weighted by atomic mass is 32.1. The van der Waals surface area contributed by atoms with E-state index in [0.29, 0.717) is 12.2 Å². The lowest BCUT2D eigenvalue weighted by Crippen LogP contribution is -2.39. The fourth-order valence-electron chi connectivity index (χ4n) is 1.58. The lowest BCUT2D eigenvalue weighted by atomic mass is 10.1. The summed E-state index contributed by atoms with van der Waals surface area (Å²) >= 11 is 4.85. The van der Waals surface area contributed by atoms with Crippen molar-refractivity contribution < 1.29 is 4.79 Å². The van der Waals surface area contributed by atoms with Gasteiger partial charge in [0.05, 0.1) is 16.9 Å². The predicted molar refractivity (Wildman–Crippen MR) is 68.1 cm³/mol. The van der Waals surface area contributed by atoms with Crippen LogP contribution in [0, 0.1) is 5.92 Å². The standard InChI is InChI=1S/C10H17N5OS/c1-4-7(8(11)17)10(16)13-6(2)9-14-12-5-15(9)3/h5-7H,4H2,1-3H3,(H2,11,17)(H,13,16). The molecule has 2 unspecified atom stereocenters. The average molecular weight is 255 g/mol. The van der Waals surface area contributed by atoms with E-state index in [1.165, 1.54) is 0 Å². The second-order valence-electron chi connectivity index (χ2n) is 3.89. The molecule has 0 aliphatic rings. The van der Waals surface area contributed by atoms with Gasteiger partial charge < -0.3 is 15.6 Å². The summed E-state index contributed by atoms with van der Waals surface area (Å²) in [5.74, 6) is 0.0901. The lowest BCUT2D eigenvalue weighted by molar-refractivity contribution is -0.123. The highest BCUT2D eigenvalue weighted by Gasteiger charge is 2.22. The second-order valence-corrected chi connectivity index (χ2v) is 4.36. The third-order valence-corrected chi connectivity index (χ3v) is 2.85. The smallest absolute Gasteiger partial charge is 0.230 e. The SMILES string of the molecule is CCC(C(=O)NC(C)c1nncn1C)C(N)=S. The van der Waals surface area contributed by atoms with Crippen LogP contribution in [-0.2, 0) is 11.8 Å². The number of nitrogens with zero attached hydrogens (tertiary/aromatic N) is 3. The Hall–Kier alpha value is -1.50. The van der Waals surface area contributed by atoms with Gasteiger partial charge >= 0.3 is 0 Å². The van der Waals surface area contributed by atoms with Crippen molar-refractivity contribution in [1.82, 2.24) is 20.1 Å². The number of hydrogen-bond donors (Lipinski definition) is 2. The van der Waals surface area contributed by atoms with Crippen molar-refractivity contribution in [2.75, 3.05) is 0 Å². The van der Waals surface area contributed by atoms with Crippen LogP contribution in [0.15, 0.2) is 6.33 Å². The van der Waals surface area contributed by atoms with Crippen LogP contribution in [0.3, 0.4) is 0 Å². The monoisotopic (exact) mass is 255 g/mol. The molecule has 0 aliphatic carbocycles. The van der Waals surface area contributed by atoms with Gasteiger partial charge in [0.15, 0.2) is 5.82 Å². The summed E-state index contributed by atoms with van der Waals surface area (Å²) in [4.78, 5) is 12.1. The van der Waals surface area contributed by atoms with E-state index in [9.17, 15) is 4.79 Å². The third kappa shape index (κ3) is 3.23. The van der Waals surface area contributed by atoms with Gasteiger partial charge in [0, 0.05) is 7.05 Å². The minimum atomic E-state index is -0.430. The number of aryl methyl sites for hydroxylation is 1. The molecule has 0 saturated carbocycles. The molecule has 17 heavy (non-hydrogen) atoms. The number of rotatable bonds is 5. The number of carbonyl (C=O) groups is 1. The van der Waals surface area contributed by atoms with E-state index in [1.54, 1.807) is 10.9 Å². The molecule has 0 radical (unpaired) electrons. The summed E-state index contributed by atoms with van der Waals surface area (Å²) in [6.45, 7) is 3.71. The molecule has 0 aromatic carbocycles. The fraction of sp³-hybridized carbons (Fsp3) is 0.600. The van der Waals surface area contributed by atoms with E-state index in [1.807, 2.05) is 20.9 Å². The zero-order chi connectivity index (χ0) is 13.0. The van der Waals surface area contributed by atoms with Crippen molar-refractivity contribution in [1.29, 1.82) is 0 Å². The van der Waals surface area contributed by atoms with Gasteiger partial charge in [0.1, 0.15) is 6.33 Å². The van der Waals surface area contributed by atoms with Crippen molar-refractivity contribution in [3.05, 3.63) is 12.2 Å². The predicted octanol–water partition coefficient (Wildman–Crippen LogP) is 0.305. The normalized spacial score (nSPS) is 14.1. The molecule has 1 aromatic rings. The number of hydrogen-bond acceptors (Lipinski definition) is 4. The zero-order valence-electron chi connectivity index (χ0n) is 10.2. The number of nitrogens with two attached hydrogens (primary N) is 1. The lowest BCUT2D eigenvalue weighted by Gasteiger charge is -2.17.